The Balaban J connectivity index is 1.61. The summed E-state index contributed by atoms with van der Waals surface area (Å²) in [5.74, 6) is 0.640. The summed E-state index contributed by atoms with van der Waals surface area (Å²) in [5.41, 5.74) is 3.12. The maximum Gasteiger partial charge on any atom is 0.287 e. The molecule has 7 heteroatoms. The number of allylic oxidation sites excluding steroid dienone is 2. The van der Waals surface area contributed by atoms with Crippen molar-refractivity contribution < 1.29 is 28.8 Å². The summed E-state index contributed by atoms with van der Waals surface area (Å²) in [4.78, 5) is 0. The molecule has 1 heterocycles. The van der Waals surface area contributed by atoms with Crippen molar-refractivity contribution in [3.8, 4) is 34.8 Å². The molecule has 1 N–H and O–H groups in total. The van der Waals surface area contributed by atoms with E-state index in [4.69, 9.17) is 23.7 Å². The number of phenolic OH excluding ortho intramolecular Hbond substituents is 1. The molecule has 66 heavy (non-hydrogen) atoms. The molecule has 346 valence electrons. The van der Waals surface area contributed by atoms with E-state index in [0.717, 1.165) is 67.2 Å². The van der Waals surface area contributed by atoms with E-state index in [2.05, 4.69) is 98.7 Å². The van der Waals surface area contributed by atoms with Crippen LogP contribution in [-0.4, -0.2) is 23.3 Å². The van der Waals surface area contributed by atoms with Crippen LogP contribution in [0, 0.1) is 11.3 Å². The maximum atomic E-state index is 11.9. The number of ether oxygens (including phenoxy) is 5. The normalized spacial score (nSPS) is 18.8. The summed E-state index contributed by atoms with van der Waals surface area (Å²) >= 11 is 0. The van der Waals surface area contributed by atoms with Gasteiger partial charge < -0.3 is 28.8 Å². The number of hydrogen-bond donors (Lipinski definition) is 1. The van der Waals surface area contributed by atoms with E-state index >= 15 is 0 Å². The van der Waals surface area contributed by atoms with Gasteiger partial charge in [-0.25, -0.2) is 0 Å². The molecule has 5 aromatic rings. The van der Waals surface area contributed by atoms with E-state index in [-0.39, 0.29) is 23.4 Å². The highest BCUT2D eigenvalue weighted by Crippen LogP contribution is 2.61. The fourth-order valence-corrected chi connectivity index (χ4v) is 9.43. The number of nitriles is 1. The standard InChI is InChI=1S/C59H69NO6/c1-10-13-14-15-16-26-33-48-52(47-36-35-44(61)39-51(47)65-50-37-34-43(55(4,5)11-2)38-49(50)56(6,7)12-3)53(57(8,9)42-27-20-17-21-28-42)59(66-46-31-24-19-25-32-46)58(40-60,62-41-63-59)54(48)64-45-29-22-18-23-30-45/h17-25,27-32,34-39,61H,10-16,26,33,41H2,1-9H3. The molecule has 0 radical (unpaired) electrons. The molecular formula is C59H69NO6. The van der Waals surface area contributed by atoms with Crippen molar-refractivity contribution in [2.24, 2.45) is 0 Å². The highest BCUT2D eigenvalue weighted by molar-refractivity contribution is 5.90. The third-order valence-corrected chi connectivity index (χ3v) is 14.2. The molecule has 1 fully saturated rings. The first-order chi connectivity index (χ1) is 31.7. The number of aromatic hydroxyl groups is 1. The molecule has 2 aliphatic rings. The van der Waals surface area contributed by atoms with Crippen molar-refractivity contribution in [3.05, 3.63) is 167 Å². The number of benzene rings is 5. The first-order valence-electron chi connectivity index (χ1n) is 24.0. The van der Waals surface area contributed by atoms with Crippen LogP contribution >= 0.6 is 0 Å². The van der Waals surface area contributed by atoms with Crippen molar-refractivity contribution >= 4 is 5.57 Å². The molecule has 0 saturated carbocycles. The molecule has 1 saturated heterocycles. The lowest BCUT2D eigenvalue weighted by Gasteiger charge is -2.49. The Labute approximate surface area is 394 Å². The summed E-state index contributed by atoms with van der Waals surface area (Å²) < 4.78 is 35.4. The first kappa shape index (κ1) is 48.1. The van der Waals surface area contributed by atoms with Gasteiger partial charge in [-0.05, 0) is 95.7 Å². The molecule has 5 aromatic carbocycles. The first-order valence-corrected chi connectivity index (χ1v) is 24.0. The Hall–Kier alpha value is -5.81. The Kier molecular flexibility index (Phi) is 14.6. The van der Waals surface area contributed by atoms with Crippen molar-refractivity contribution in [2.45, 2.75) is 148 Å². The number of phenols is 1. The number of hydrogen-bond acceptors (Lipinski definition) is 7. The van der Waals surface area contributed by atoms with Gasteiger partial charge >= 0.3 is 0 Å². The van der Waals surface area contributed by atoms with E-state index in [1.54, 1.807) is 12.1 Å². The zero-order valence-electron chi connectivity index (χ0n) is 40.6. The predicted octanol–water partition coefficient (Wildman–Crippen LogP) is 15.4. The second-order valence-electron chi connectivity index (χ2n) is 19.7. The molecular weight excluding hydrogens is 819 g/mol. The summed E-state index contributed by atoms with van der Waals surface area (Å²) in [5, 5.41) is 23.4. The zero-order valence-corrected chi connectivity index (χ0v) is 40.6. The average Bonchev–Trinajstić information content (AvgIpc) is 3.70. The molecule has 0 spiro atoms. The number of nitrogens with zero attached hydrogens (tertiary/aromatic N) is 1. The number of fused-ring (bicyclic) bond motifs is 1. The van der Waals surface area contributed by atoms with Crippen LogP contribution in [0.3, 0.4) is 0 Å². The maximum absolute atomic E-state index is 11.9. The lowest BCUT2D eigenvalue weighted by molar-refractivity contribution is -0.148. The monoisotopic (exact) mass is 888 g/mol. The van der Waals surface area contributed by atoms with Crippen molar-refractivity contribution in [2.75, 3.05) is 6.79 Å². The Bertz CT molecular complexity index is 2550. The summed E-state index contributed by atoms with van der Waals surface area (Å²) in [6, 6.07) is 43.8. The van der Waals surface area contributed by atoms with Gasteiger partial charge in [0.15, 0.2) is 12.6 Å². The van der Waals surface area contributed by atoms with Gasteiger partial charge in [0.2, 0.25) is 0 Å². The quantitative estimate of drug-likeness (QED) is 0.0779. The minimum atomic E-state index is -1.92. The van der Waals surface area contributed by atoms with Crippen LogP contribution in [0.15, 0.2) is 144 Å². The van der Waals surface area contributed by atoms with E-state index in [0.29, 0.717) is 46.3 Å². The Morgan fingerprint density at radius 2 is 1.26 bits per heavy atom. The second kappa shape index (κ2) is 20.0. The smallest absolute Gasteiger partial charge is 0.287 e. The van der Waals surface area contributed by atoms with E-state index < -0.39 is 16.8 Å². The molecule has 0 amide bonds. The van der Waals surface area contributed by atoms with Gasteiger partial charge in [0.05, 0.1) is 0 Å². The zero-order chi connectivity index (χ0) is 47.2. The average molecular weight is 888 g/mol. The molecule has 0 bridgehead atoms. The molecule has 7 rings (SSSR count). The third kappa shape index (κ3) is 9.28. The van der Waals surface area contributed by atoms with E-state index in [1.807, 2.05) is 84.9 Å². The third-order valence-electron chi connectivity index (χ3n) is 14.2. The number of unbranched alkanes of at least 4 members (excludes halogenated alkanes) is 5. The minimum Gasteiger partial charge on any atom is -0.508 e. The highest BCUT2D eigenvalue weighted by Gasteiger charge is 2.72. The summed E-state index contributed by atoms with van der Waals surface area (Å²) in [6.45, 7) is 19.8. The largest absolute Gasteiger partial charge is 0.508 e. The molecule has 1 aliphatic heterocycles. The predicted molar refractivity (Wildman–Crippen MR) is 265 cm³/mol. The Morgan fingerprint density at radius 1 is 0.636 bits per heavy atom. The van der Waals surface area contributed by atoms with Crippen LogP contribution < -0.4 is 14.2 Å². The van der Waals surface area contributed by atoms with Crippen molar-refractivity contribution in [3.63, 3.8) is 0 Å². The van der Waals surface area contributed by atoms with Crippen molar-refractivity contribution in [1.29, 1.82) is 5.26 Å². The minimum absolute atomic E-state index is 0.0484. The van der Waals surface area contributed by atoms with Gasteiger partial charge in [0.1, 0.15) is 34.8 Å². The van der Waals surface area contributed by atoms with Gasteiger partial charge in [0.25, 0.3) is 11.4 Å². The van der Waals surface area contributed by atoms with Gasteiger partial charge in [0, 0.05) is 33.8 Å². The lowest BCUT2D eigenvalue weighted by atomic mass is 9.62. The van der Waals surface area contributed by atoms with Gasteiger partial charge in [-0.15, -0.1) is 0 Å². The van der Waals surface area contributed by atoms with Crippen LogP contribution in [0.2, 0.25) is 0 Å². The van der Waals surface area contributed by atoms with Gasteiger partial charge in [-0.3, -0.25) is 0 Å². The number of rotatable bonds is 20. The summed E-state index contributed by atoms with van der Waals surface area (Å²) in [6.07, 6.45) is 8.74. The lowest BCUT2D eigenvalue weighted by Crippen LogP contribution is -2.63. The second-order valence-corrected chi connectivity index (χ2v) is 19.7. The van der Waals surface area contributed by atoms with Crippen LogP contribution in [0.25, 0.3) is 5.57 Å². The van der Waals surface area contributed by atoms with Gasteiger partial charge in [-0.2, -0.15) is 5.26 Å². The van der Waals surface area contributed by atoms with Crippen LogP contribution in [0.4, 0.5) is 0 Å². The summed E-state index contributed by atoms with van der Waals surface area (Å²) in [7, 11) is 0. The topological polar surface area (TPSA) is 90.2 Å². The molecule has 2 atom stereocenters. The Morgan fingerprint density at radius 3 is 1.89 bits per heavy atom. The van der Waals surface area contributed by atoms with Crippen molar-refractivity contribution in [1.82, 2.24) is 0 Å². The molecule has 2 unspecified atom stereocenters. The molecule has 0 aromatic heterocycles. The van der Waals surface area contributed by atoms with Crippen LogP contribution in [0.5, 0.6) is 28.7 Å². The van der Waals surface area contributed by atoms with Gasteiger partial charge in [-0.1, -0.05) is 173 Å². The fraction of sp³-hybridized carbons (Fsp3) is 0.407. The SMILES string of the molecule is CCCCCCCCC1=C(Oc2ccccc2)C2(C#N)OCOC2(Oc2ccccc2)C(C(C)(C)c2ccccc2)=C1c1ccc(O)cc1Oc1ccc(C(C)(C)CC)cc1C(C)(C)CC. The molecule has 1 aliphatic carbocycles. The number of para-hydroxylation sites is 2. The van der Waals surface area contributed by atoms with E-state index in [9.17, 15) is 10.4 Å². The van der Waals surface area contributed by atoms with Crippen LogP contribution in [0.1, 0.15) is 142 Å². The van der Waals surface area contributed by atoms with E-state index in [1.165, 1.54) is 12.0 Å². The molecule has 7 nitrogen and oxygen atoms in total. The van der Waals surface area contributed by atoms with Crippen LogP contribution in [-0.2, 0) is 25.7 Å². The highest BCUT2D eigenvalue weighted by atomic mass is 16.8. The fourth-order valence-electron chi connectivity index (χ4n) is 9.43.